The van der Waals surface area contributed by atoms with Crippen molar-refractivity contribution in [2.45, 2.75) is 51.6 Å². The van der Waals surface area contributed by atoms with Crippen molar-refractivity contribution >= 4 is 0 Å². The number of pyridine rings is 1. The number of aromatic nitrogens is 1. The van der Waals surface area contributed by atoms with E-state index in [0.717, 1.165) is 17.8 Å². The number of nitrogens with one attached hydrogen (secondary N) is 1. The third kappa shape index (κ3) is 3.04. The Morgan fingerprint density at radius 3 is 2.71 bits per heavy atom. The zero-order valence-electron chi connectivity index (χ0n) is 10.7. The molecule has 0 amide bonds. The van der Waals surface area contributed by atoms with Gasteiger partial charge in [0.2, 0.25) is 0 Å². The molecule has 0 atom stereocenters. The molecule has 3 nitrogen and oxygen atoms in total. The molecule has 2 rings (SSSR count). The summed E-state index contributed by atoms with van der Waals surface area (Å²) in [4.78, 5) is 4.46. The topological polar surface area (TPSA) is 48.7 Å². The van der Waals surface area contributed by atoms with Gasteiger partial charge in [0.15, 0.2) is 0 Å². The van der Waals surface area contributed by atoms with Crippen LogP contribution in [0.1, 0.15) is 50.4 Å². The maximum absolute atomic E-state index is 9.19. The zero-order chi connectivity index (χ0) is 12.5. The number of hydrogen-bond acceptors (Lipinski definition) is 3. The summed E-state index contributed by atoms with van der Waals surface area (Å²) in [5.41, 5.74) is 2.61. The molecular formula is C14H19N3. The van der Waals surface area contributed by atoms with Crippen molar-refractivity contribution in [2.75, 3.05) is 0 Å². The van der Waals surface area contributed by atoms with Crippen LogP contribution < -0.4 is 5.32 Å². The summed E-state index contributed by atoms with van der Waals surface area (Å²) in [5, 5.41) is 12.6. The standard InChI is InChI=1S/C14H19N3/c1-14(2,3)13-11(7-15)6-10(9-17-13)8-16-12-4-5-12/h6,9,12,16H,4-5,8H2,1-3H3. The summed E-state index contributed by atoms with van der Waals surface area (Å²) in [6.07, 6.45) is 4.44. The molecular weight excluding hydrogens is 210 g/mol. The molecule has 1 fully saturated rings. The van der Waals surface area contributed by atoms with Gasteiger partial charge in [0.05, 0.1) is 11.3 Å². The van der Waals surface area contributed by atoms with Gasteiger partial charge in [0.25, 0.3) is 0 Å². The second kappa shape index (κ2) is 4.46. The Kier molecular flexibility index (Phi) is 3.17. The Morgan fingerprint density at radius 1 is 1.47 bits per heavy atom. The van der Waals surface area contributed by atoms with Crippen LogP contribution in [-0.4, -0.2) is 11.0 Å². The van der Waals surface area contributed by atoms with Gasteiger partial charge in [0, 0.05) is 24.2 Å². The highest BCUT2D eigenvalue weighted by Gasteiger charge is 2.22. The van der Waals surface area contributed by atoms with Crippen LogP contribution in [0.5, 0.6) is 0 Å². The second-order valence-corrected chi connectivity index (χ2v) is 5.76. The van der Waals surface area contributed by atoms with Crippen molar-refractivity contribution in [3.8, 4) is 6.07 Å². The Morgan fingerprint density at radius 2 is 2.18 bits per heavy atom. The molecule has 1 aliphatic rings. The van der Waals surface area contributed by atoms with Gasteiger partial charge in [-0.05, 0) is 24.5 Å². The number of rotatable bonds is 3. The normalized spacial score (nSPS) is 15.6. The van der Waals surface area contributed by atoms with Crippen molar-refractivity contribution in [3.05, 3.63) is 29.1 Å². The lowest BCUT2D eigenvalue weighted by Crippen LogP contribution is -2.18. The van der Waals surface area contributed by atoms with Crippen LogP contribution in [0.3, 0.4) is 0 Å². The fourth-order valence-electron chi connectivity index (χ4n) is 1.84. The maximum atomic E-state index is 9.19. The van der Waals surface area contributed by atoms with Gasteiger partial charge in [0.1, 0.15) is 6.07 Å². The molecule has 0 bridgehead atoms. The van der Waals surface area contributed by atoms with Gasteiger partial charge < -0.3 is 5.32 Å². The van der Waals surface area contributed by atoms with Gasteiger partial charge in [-0.25, -0.2) is 0 Å². The zero-order valence-corrected chi connectivity index (χ0v) is 10.7. The van der Waals surface area contributed by atoms with E-state index in [1.165, 1.54) is 12.8 Å². The first kappa shape index (κ1) is 12.1. The van der Waals surface area contributed by atoms with Crippen molar-refractivity contribution in [3.63, 3.8) is 0 Å². The molecule has 0 radical (unpaired) electrons. The Bertz CT molecular complexity index is 448. The highest BCUT2D eigenvalue weighted by molar-refractivity contribution is 5.39. The second-order valence-electron chi connectivity index (χ2n) is 5.76. The average molecular weight is 229 g/mol. The first-order valence-corrected chi connectivity index (χ1v) is 6.13. The minimum absolute atomic E-state index is 0.0759. The van der Waals surface area contributed by atoms with Crippen molar-refractivity contribution < 1.29 is 0 Å². The lowest BCUT2D eigenvalue weighted by Gasteiger charge is -2.19. The number of nitriles is 1. The third-order valence-corrected chi connectivity index (χ3v) is 2.95. The van der Waals surface area contributed by atoms with Crippen LogP contribution in [0, 0.1) is 11.3 Å². The monoisotopic (exact) mass is 229 g/mol. The van der Waals surface area contributed by atoms with Crippen LogP contribution in [0.2, 0.25) is 0 Å². The number of hydrogen-bond donors (Lipinski definition) is 1. The molecule has 1 heterocycles. The van der Waals surface area contributed by atoms with Crippen LogP contribution in [0.25, 0.3) is 0 Å². The van der Waals surface area contributed by atoms with Gasteiger partial charge in [-0.1, -0.05) is 20.8 Å². The minimum atomic E-state index is -0.0759. The maximum Gasteiger partial charge on any atom is 0.101 e. The highest BCUT2D eigenvalue weighted by atomic mass is 14.9. The molecule has 1 aromatic rings. The number of nitrogens with zero attached hydrogens (tertiary/aromatic N) is 2. The van der Waals surface area contributed by atoms with Gasteiger partial charge in [-0.2, -0.15) is 5.26 Å². The Balaban J connectivity index is 2.18. The molecule has 90 valence electrons. The minimum Gasteiger partial charge on any atom is -0.310 e. The van der Waals surface area contributed by atoms with Crippen LogP contribution in [0.15, 0.2) is 12.3 Å². The Hall–Kier alpha value is -1.40. The van der Waals surface area contributed by atoms with E-state index >= 15 is 0 Å². The molecule has 1 saturated carbocycles. The fraction of sp³-hybridized carbons (Fsp3) is 0.571. The quantitative estimate of drug-likeness (QED) is 0.866. The predicted molar refractivity (Wildman–Crippen MR) is 67.5 cm³/mol. The lowest BCUT2D eigenvalue weighted by atomic mass is 9.88. The molecule has 0 aromatic carbocycles. The van der Waals surface area contributed by atoms with Crippen LogP contribution >= 0.6 is 0 Å². The van der Waals surface area contributed by atoms with Crippen molar-refractivity contribution in [2.24, 2.45) is 0 Å². The first-order valence-electron chi connectivity index (χ1n) is 6.13. The summed E-state index contributed by atoms with van der Waals surface area (Å²) in [6.45, 7) is 7.06. The molecule has 0 spiro atoms. The molecule has 0 saturated heterocycles. The van der Waals surface area contributed by atoms with Crippen LogP contribution in [-0.2, 0) is 12.0 Å². The molecule has 1 N–H and O–H groups in total. The van der Waals surface area contributed by atoms with E-state index in [4.69, 9.17) is 0 Å². The predicted octanol–water partition coefficient (Wildman–Crippen LogP) is 2.50. The smallest absolute Gasteiger partial charge is 0.101 e. The van der Waals surface area contributed by atoms with E-state index in [0.29, 0.717) is 11.6 Å². The molecule has 17 heavy (non-hydrogen) atoms. The van der Waals surface area contributed by atoms with E-state index in [2.05, 4.69) is 37.1 Å². The Labute approximate surface area is 103 Å². The fourth-order valence-corrected chi connectivity index (χ4v) is 1.84. The summed E-state index contributed by atoms with van der Waals surface area (Å²) in [6, 6.07) is 4.90. The first-order chi connectivity index (χ1) is 8.00. The SMILES string of the molecule is CC(C)(C)c1ncc(CNC2CC2)cc1C#N. The average Bonchev–Trinajstić information content (AvgIpc) is 3.08. The highest BCUT2D eigenvalue weighted by Crippen LogP contribution is 2.24. The molecule has 3 heteroatoms. The third-order valence-electron chi connectivity index (χ3n) is 2.95. The van der Waals surface area contributed by atoms with E-state index in [1.807, 2.05) is 12.3 Å². The van der Waals surface area contributed by atoms with Crippen LogP contribution in [0.4, 0.5) is 0 Å². The van der Waals surface area contributed by atoms with Gasteiger partial charge >= 0.3 is 0 Å². The molecule has 1 aliphatic carbocycles. The summed E-state index contributed by atoms with van der Waals surface area (Å²) in [5.74, 6) is 0. The van der Waals surface area contributed by atoms with Gasteiger partial charge in [-0.3, -0.25) is 4.98 Å². The summed E-state index contributed by atoms with van der Waals surface area (Å²) < 4.78 is 0. The lowest BCUT2D eigenvalue weighted by molar-refractivity contribution is 0.565. The molecule has 0 aliphatic heterocycles. The largest absolute Gasteiger partial charge is 0.310 e. The summed E-state index contributed by atoms with van der Waals surface area (Å²) >= 11 is 0. The molecule has 1 aromatic heterocycles. The van der Waals surface area contributed by atoms with E-state index in [1.54, 1.807) is 0 Å². The van der Waals surface area contributed by atoms with Gasteiger partial charge in [-0.15, -0.1) is 0 Å². The van der Waals surface area contributed by atoms with Crippen molar-refractivity contribution in [1.29, 1.82) is 5.26 Å². The van der Waals surface area contributed by atoms with Crippen molar-refractivity contribution in [1.82, 2.24) is 10.3 Å². The van der Waals surface area contributed by atoms with E-state index in [-0.39, 0.29) is 5.41 Å². The van der Waals surface area contributed by atoms with E-state index < -0.39 is 0 Å². The summed E-state index contributed by atoms with van der Waals surface area (Å²) in [7, 11) is 0. The molecule has 0 unspecified atom stereocenters. The van der Waals surface area contributed by atoms with E-state index in [9.17, 15) is 5.26 Å².